The van der Waals surface area contributed by atoms with Crippen molar-refractivity contribution in [3.05, 3.63) is 0 Å². The number of carbonyl (C=O) groups is 1. The minimum absolute atomic E-state index is 0. The first-order valence-corrected chi connectivity index (χ1v) is 2.02. The number of methoxy groups -OCH3 is 1. The molecule has 0 aromatic heterocycles. The Morgan fingerprint density at radius 1 is 1.11 bits per heavy atom. The molecule has 0 radical (unpaired) electrons. The highest BCUT2D eigenvalue weighted by Gasteiger charge is 1.62. The van der Waals surface area contributed by atoms with Gasteiger partial charge in [-0.2, -0.15) is 0 Å². The molecule has 0 aromatic rings. The van der Waals surface area contributed by atoms with Crippen LogP contribution >= 0.6 is 0 Å². The summed E-state index contributed by atoms with van der Waals surface area (Å²) >= 11 is 0. The number of Topliss-reactive ketones (excluding diaryl/α,β-unsaturated/α-hetero) is 1. The molecule has 0 fully saturated rings. The summed E-state index contributed by atoms with van der Waals surface area (Å²) in [5.41, 5.74) is 0. The lowest BCUT2D eigenvalue weighted by atomic mass is 10.6. The number of ketones is 1. The van der Waals surface area contributed by atoms with Crippen LogP contribution in [0.5, 0.6) is 0 Å². The highest BCUT2D eigenvalue weighted by molar-refractivity contribution is 5.72. The predicted octanol–water partition coefficient (Wildman–Crippen LogP) is 2.13. The second kappa shape index (κ2) is 25.5. The second-order valence-electron chi connectivity index (χ2n) is 1.32. The molecule has 0 aromatic carbocycles. The summed E-state index contributed by atoms with van der Waals surface area (Å²) in [6, 6.07) is 0. The SMILES string of the molecule is C.C.CC(C)=O.COC. The number of hydrogen-bond donors (Lipinski definition) is 0. The summed E-state index contributed by atoms with van der Waals surface area (Å²) < 4.78 is 4.25. The number of rotatable bonds is 0. The van der Waals surface area contributed by atoms with Gasteiger partial charge in [0.2, 0.25) is 0 Å². The van der Waals surface area contributed by atoms with Crippen molar-refractivity contribution < 1.29 is 9.53 Å². The molecule has 0 heterocycles. The van der Waals surface area contributed by atoms with E-state index >= 15 is 0 Å². The summed E-state index contributed by atoms with van der Waals surface area (Å²) in [7, 11) is 3.25. The van der Waals surface area contributed by atoms with Crippen molar-refractivity contribution >= 4 is 5.78 Å². The zero-order valence-electron chi connectivity index (χ0n) is 5.32. The third-order valence-corrected chi connectivity index (χ3v) is 0. The van der Waals surface area contributed by atoms with Crippen LogP contribution in [-0.2, 0) is 9.53 Å². The molecule has 0 aliphatic rings. The molecule has 0 N–H and O–H groups in total. The van der Waals surface area contributed by atoms with Crippen LogP contribution in [0, 0.1) is 0 Å². The molecule has 0 unspecified atom stereocenters. The largest absolute Gasteiger partial charge is 0.388 e. The average molecular weight is 136 g/mol. The van der Waals surface area contributed by atoms with Gasteiger partial charge in [0.05, 0.1) is 0 Å². The Labute approximate surface area is 59.2 Å². The molecule has 0 atom stereocenters. The lowest BCUT2D eigenvalue weighted by Crippen LogP contribution is -1.69. The average Bonchev–Trinajstić information content (AvgIpc) is 1.33. The molecule has 0 rings (SSSR count). The van der Waals surface area contributed by atoms with Gasteiger partial charge in [0.25, 0.3) is 0 Å². The zero-order chi connectivity index (χ0) is 6.28. The fourth-order valence-electron chi connectivity index (χ4n) is 0. The van der Waals surface area contributed by atoms with E-state index in [1.807, 2.05) is 0 Å². The molecule has 0 aliphatic carbocycles. The van der Waals surface area contributed by atoms with E-state index < -0.39 is 0 Å². The summed E-state index contributed by atoms with van der Waals surface area (Å²) in [6.07, 6.45) is 0. The Morgan fingerprint density at radius 2 is 1.11 bits per heavy atom. The molecular weight excluding hydrogens is 116 g/mol. The van der Waals surface area contributed by atoms with E-state index in [4.69, 9.17) is 0 Å². The molecule has 0 spiro atoms. The smallest absolute Gasteiger partial charge is 0.126 e. The van der Waals surface area contributed by atoms with Gasteiger partial charge in [-0.15, -0.1) is 0 Å². The first-order valence-electron chi connectivity index (χ1n) is 2.02. The highest BCUT2D eigenvalue weighted by atomic mass is 16.4. The maximum absolute atomic E-state index is 9.44. The van der Waals surface area contributed by atoms with E-state index in [0.717, 1.165) is 0 Å². The van der Waals surface area contributed by atoms with Crippen molar-refractivity contribution in [1.29, 1.82) is 0 Å². The van der Waals surface area contributed by atoms with Gasteiger partial charge < -0.3 is 9.53 Å². The zero-order valence-corrected chi connectivity index (χ0v) is 5.32. The van der Waals surface area contributed by atoms with Gasteiger partial charge in [0.15, 0.2) is 0 Å². The van der Waals surface area contributed by atoms with Gasteiger partial charge in [-0.1, -0.05) is 14.9 Å². The maximum Gasteiger partial charge on any atom is 0.126 e. The van der Waals surface area contributed by atoms with E-state index in [1.54, 1.807) is 14.2 Å². The second-order valence-corrected chi connectivity index (χ2v) is 1.32. The fraction of sp³-hybridized carbons (Fsp3) is 0.857. The minimum atomic E-state index is 0. The summed E-state index contributed by atoms with van der Waals surface area (Å²) in [5, 5.41) is 0. The maximum atomic E-state index is 9.44. The molecular formula is C7H20O2. The molecule has 2 nitrogen and oxygen atoms in total. The molecule has 0 aliphatic heterocycles. The Hall–Kier alpha value is -0.370. The highest BCUT2D eigenvalue weighted by Crippen LogP contribution is 1.50. The molecule has 9 heavy (non-hydrogen) atoms. The number of ether oxygens (including phenoxy) is 1. The monoisotopic (exact) mass is 136 g/mol. The molecule has 0 bridgehead atoms. The van der Waals surface area contributed by atoms with E-state index in [9.17, 15) is 4.79 Å². The van der Waals surface area contributed by atoms with Gasteiger partial charge >= 0.3 is 0 Å². The minimum Gasteiger partial charge on any atom is -0.388 e. The van der Waals surface area contributed by atoms with Crippen LogP contribution in [0.15, 0.2) is 0 Å². The molecule has 2 heteroatoms. The van der Waals surface area contributed by atoms with Crippen LogP contribution in [-0.4, -0.2) is 20.0 Å². The third-order valence-electron chi connectivity index (χ3n) is 0. The van der Waals surface area contributed by atoms with Gasteiger partial charge in [-0.3, -0.25) is 0 Å². The van der Waals surface area contributed by atoms with Crippen molar-refractivity contribution in [3.8, 4) is 0 Å². The predicted molar refractivity (Wildman–Crippen MR) is 42.8 cm³/mol. The van der Waals surface area contributed by atoms with Crippen molar-refractivity contribution in [3.63, 3.8) is 0 Å². The Balaban J connectivity index is -0.0000000233. The van der Waals surface area contributed by atoms with Crippen LogP contribution in [0.4, 0.5) is 0 Å². The van der Waals surface area contributed by atoms with Gasteiger partial charge in [0, 0.05) is 14.2 Å². The van der Waals surface area contributed by atoms with Crippen molar-refractivity contribution in [1.82, 2.24) is 0 Å². The molecule has 0 saturated heterocycles. The first kappa shape index (κ1) is 23.4. The fourth-order valence-corrected chi connectivity index (χ4v) is 0. The molecule has 0 saturated carbocycles. The van der Waals surface area contributed by atoms with Crippen LogP contribution < -0.4 is 0 Å². The van der Waals surface area contributed by atoms with Crippen molar-refractivity contribution in [2.24, 2.45) is 0 Å². The standard InChI is InChI=1S/C3H6O.C2H6O.2CH4/c1-3(2)4;1-3-2;;/h1-2H3;1-2H3;2*1H4. The summed E-state index contributed by atoms with van der Waals surface area (Å²) in [5.74, 6) is 0.167. The van der Waals surface area contributed by atoms with Gasteiger partial charge in [-0.25, -0.2) is 0 Å². The number of hydrogen-bond acceptors (Lipinski definition) is 2. The van der Waals surface area contributed by atoms with Crippen molar-refractivity contribution in [2.75, 3.05) is 14.2 Å². The first-order chi connectivity index (χ1) is 3.15. The summed E-state index contributed by atoms with van der Waals surface area (Å²) in [4.78, 5) is 9.44. The van der Waals surface area contributed by atoms with Crippen LogP contribution in [0.2, 0.25) is 0 Å². The summed E-state index contributed by atoms with van der Waals surface area (Å²) in [6.45, 7) is 3.06. The number of carbonyl (C=O) groups excluding carboxylic acids is 1. The Bertz CT molecular complexity index is 38.2. The van der Waals surface area contributed by atoms with E-state index in [1.165, 1.54) is 13.8 Å². The lowest BCUT2D eigenvalue weighted by Gasteiger charge is -1.61. The molecule has 0 amide bonds. The quantitative estimate of drug-likeness (QED) is 0.510. The van der Waals surface area contributed by atoms with E-state index in [2.05, 4.69) is 4.74 Å². The van der Waals surface area contributed by atoms with Crippen molar-refractivity contribution in [2.45, 2.75) is 28.7 Å². The van der Waals surface area contributed by atoms with E-state index in [0.29, 0.717) is 0 Å². The molecule has 60 valence electrons. The van der Waals surface area contributed by atoms with Crippen LogP contribution in [0.1, 0.15) is 28.7 Å². The lowest BCUT2D eigenvalue weighted by molar-refractivity contribution is -0.114. The van der Waals surface area contributed by atoms with Gasteiger partial charge in [-0.05, 0) is 13.8 Å². The topological polar surface area (TPSA) is 26.3 Å². The Morgan fingerprint density at radius 3 is 1.11 bits per heavy atom. The normalized spacial score (nSPS) is 4.89. The van der Waals surface area contributed by atoms with Crippen LogP contribution in [0.25, 0.3) is 0 Å². The van der Waals surface area contributed by atoms with Gasteiger partial charge in [0.1, 0.15) is 5.78 Å². The van der Waals surface area contributed by atoms with E-state index in [-0.39, 0.29) is 20.6 Å². The van der Waals surface area contributed by atoms with Crippen LogP contribution in [0.3, 0.4) is 0 Å². The third kappa shape index (κ3) is 1770. The Kier molecular flexibility index (Phi) is 66.3.